The van der Waals surface area contributed by atoms with E-state index in [1.165, 1.54) is 4.31 Å². The van der Waals surface area contributed by atoms with E-state index in [2.05, 4.69) is 4.72 Å². The minimum absolute atomic E-state index is 0.180. The maximum Gasteiger partial charge on any atom is 0.309 e. The van der Waals surface area contributed by atoms with Crippen LogP contribution in [0.25, 0.3) is 0 Å². The van der Waals surface area contributed by atoms with Gasteiger partial charge in [-0.3, -0.25) is 4.79 Å². The Balaban J connectivity index is 2.56. The molecule has 0 unspecified atom stereocenters. The second-order valence-corrected chi connectivity index (χ2v) is 7.45. The number of carbonyl (C=O) groups excluding carboxylic acids is 1. The summed E-state index contributed by atoms with van der Waals surface area (Å²) in [7, 11) is -3.47. The number of nitrogens with one attached hydrogen (secondary N) is 1. The van der Waals surface area contributed by atoms with Gasteiger partial charge in [-0.15, -0.1) is 0 Å². The van der Waals surface area contributed by atoms with E-state index >= 15 is 0 Å². The van der Waals surface area contributed by atoms with Crippen molar-refractivity contribution in [1.82, 2.24) is 9.03 Å². The molecule has 112 valence electrons. The number of esters is 1. The molecule has 0 spiro atoms. The second-order valence-electron chi connectivity index (χ2n) is 5.78. The summed E-state index contributed by atoms with van der Waals surface area (Å²) in [5.41, 5.74) is -0.503. The molecule has 0 radical (unpaired) electrons. The standard InChI is InChI=1S/C12H24N2O4S/c1-5-18-11(15)10-6-8-14(9-7-10)19(16,17)13-12(2,3)4/h10,13H,5-9H2,1-4H3. The molecule has 0 aromatic rings. The molecule has 7 heteroatoms. The third-order valence-electron chi connectivity index (χ3n) is 2.85. The van der Waals surface area contributed by atoms with Gasteiger partial charge in [-0.05, 0) is 40.5 Å². The average molecular weight is 292 g/mol. The molecule has 1 aliphatic heterocycles. The summed E-state index contributed by atoms with van der Waals surface area (Å²) in [5, 5.41) is 0. The molecule has 0 atom stereocenters. The van der Waals surface area contributed by atoms with Gasteiger partial charge in [0.1, 0.15) is 0 Å². The molecule has 0 aliphatic carbocycles. The maximum atomic E-state index is 12.1. The first kappa shape index (κ1) is 16.4. The zero-order valence-corrected chi connectivity index (χ0v) is 12.9. The highest BCUT2D eigenvalue weighted by molar-refractivity contribution is 7.87. The van der Waals surface area contributed by atoms with Crippen molar-refractivity contribution in [1.29, 1.82) is 0 Å². The first-order valence-corrected chi connectivity index (χ1v) is 8.05. The summed E-state index contributed by atoms with van der Waals surface area (Å²) in [6.07, 6.45) is 1.04. The molecule has 0 aromatic heterocycles. The summed E-state index contributed by atoms with van der Waals surface area (Å²) in [6.45, 7) is 8.25. The summed E-state index contributed by atoms with van der Waals surface area (Å²) in [5.74, 6) is -0.399. The number of nitrogens with zero attached hydrogens (tertiary/aromatic N) is 1. The number of hydrogen-bond donors (Lipinski definition) is 1. The van der Waals surface area contributed by atoms with Crippen molar-refractivity contribution >= 4 is 16.2 Å². The maximum absolute atomic E-state index is 12.1. The molecule has 1 N–H and O–H groups in total. The summed E-state index contributed by atoms with van der Waals surface area (Å²) in [4.78, 5) is 11.6. The minimum atomic E-state index is -3.47. The summed E-state index contributed by atoms with van der Waals surface area (Å²) < 4.78 is 33.2. The Morgan fingerprint density at radius 1 is 1.32 bits per heavy atom. The molecular weight excluding hydrogens is 268 g/mol. The normalized spacial score (nSPS) is 19.4. The van der Waals surface area contributed by atoms with E-state index in [1.54, 1.807) is 27.7 Å². The van der Waals surface area contributed by atoms with Crippen LogP contribution < -0.4 is 4.72 Å². The lowest BCUT2D eigenvalue weighted by molar-refractivity contribution is -0.149. The van der Waals surface area contributed by atoms with Crippen LogP contribution in [0.3, 0.4) is 0 Å². The van der Waals surface area contributed by atoms with E-state index in [-0.39, 0.29) is 11.9 Å². The van der Waals surface area contributed by atoms with Crippen molar-refractivity contribution in [3.05, 3.63) is 0 Å². The molecule has 1 saturated heterocycles. The average Bonchev–Trinajstić information content (AvgIpc) is 2.26. The highest BCUT2D eigenvalue weighted by Crippen LogP contribution is 2.21. The molecule has 1 fully saturated rings. The van der Waals surface area contributed by atoms with Crippen LogP contribution in [-0.2, 0) is 19.7 Å². The van der Waals surface area contributed by atoms with Crippen LogP contribution in [0.15, 0.2) is 0 Å². The highest BCUT2D eigenvalue weighted by Gasteiger charge is 2.33. The predicted molar refractivity (Wildman–Crippen MR) is 72.7 cm³/mol. The van der Waals surface area contributed by atoms with Crippen molar-refractivity contribution in [2.24, 2.45) is 5.92 Å². The fraction of sp³-hybridized carbons (Fsp3) is 0.917. The summed E-state index contributed by atoms with van der Waals surface area (Å²) in [6, 6.07) is 0. The Kier molecular flexibility index (Phi) is 5.34. The van der Waals surface area contributed by atoms with E-state index in [0.29, 0.717) is 32.5 Å². The number of carbonyl (C=O) groups is 1. The zero-order chi connectivity index (χ0) is 14.7. The Morgan fingerprint density at radius 3 is 2.26 bits per heavy atom. The van der Waals surface area contributed by atoms with Crippen LogP contribution >= 0.6 is 0 Å². The monoisotopic (exact) mass is 292 g/mol. The lowest BCUT2D eigenvalue weighted by Crippen LogP contribution is -2.51. The number of piperidine rings is 1. The Morgan fingerprint density at radius 2 is 1.84 bits per heavy atom. The first-order valence-electron chi connectivity index (χ1n) is 6.61. The first-order chi connectivity index (χ1) is 8.65. The quantitative estimate of drug-likeness (QED) is 0.781. The highest BCUT2D eigenvalue weighted by atomic mass is 32.2. The van der Waals surface area contributed by atoms with Crippen molar-refractivity contribution in [2.75, 3.05) is 19.7 Å². The third kappa shape index (κ3) is 5.08. The van der Waals surface area contributed by atoms with Crippen molar-refractivity contribution in [3.8, 4) is 0 Å². The van der Waals surface area contributed by atoms with Gasteiger partial charge in [0.05, 0.1) is 12.5 Å². The molecule has 19 heavy (non-hydrogen) atoms. The molecule has 0 saturated carbocycles. The fourth-order valence-electron chi connectivity index (χ4n) is 2.04. The van der Waals surface area contributed by atoms with Crippen LogP contribution in [0.5, 0.6) is 0 Å². The molecule has 0 amide bonds. The van der Waals surface area contributed by atoms with Crippen LogP contribution in [0, 0.1) is 5.92 Å². The van der Waals surface area contributed by atoms with E-state index in [0.717, 1.165) is 0 Å². The van der Waals surface area contributed by atoms with E-state index in [4.69, 9.17) is 4.74 Å². The van der Waals surface area contributed by atoms with Gasteiger partial charge >= 0.3 is 5.97 Å². The Hall–Kier alpha value is -0.660. The second kappa shape index (κ2) is 6.19. The molecule has 0 bridgehead atoms. The number of ether oxygens (including phenoxy) is 1. The van der Waals surface area contributed by atoms with Crippen LogP contribution in [0.4, 0.5) is 0 Å². The van der Waals surface area contributed by atoms with Gasteiger partial charge in [0, 0.05) is 18.6 Å². The van der Waals surface area contributed by atoms with Crippen molar-refractivity contribution < 1.29 is 17.9 Å². The molecule has 1 aliphatic rings. The predicted octanol–water partition coefficient (Wildman–Crippen LogP) is 0.894. The van der Waals surface area contributed by atoms with Gasteiger partial charge < -0.3 is 4.74 Å². The molecular formula is C12H24N2O4S. The van der Waals surface area contributed by atoms with Crippen LogP contribution in [0.2, 0.25) is 0 Å². The Labute approximate surface area is 115 Å². The van der Waals surface area contributed by atoms with Gasteiger partial charge in [0.2, 0.25) is 0 Å². The van der Waals surface area contributed by atoms with Gasteiger partial charge in [0.15, 0.2) is 0 Å². The van der Waals surface area contributed by atoms with Gasteiger partial charge in [0.25, 0.3) is 10.2 Å². The van der Waals surface area contributed by atoms with Crippen molar-refractivity contribution in [3.63, 3.8) is 0 Å². The topological polar surface area (TPSA) is 75.7 Å². The van der Waals surface area contributed by atoms with E-state index in [9.17, 15) is 13.2 Å². The van der Waals surface area contributed by atoms with Gasteiger partial charge in [-0.2, -0.15) is 17.4 Å². The Bertz CT molecular complexity index is 406. The van der Waals surface area contributed by atoms with Gasteiger partial charge in [-0.1, -0.05) is 0 Å². The zero-order valence-electron chi connectivity index (χ0n) is 12.1. The SMILES string of the molecule is CCOC(=O)C1CCN(S(=O)(=O)NC(C)(C)C)CC1. The smallest absolute Gasteiger partial charge is 0.309 e. The lowest BCUT2D eigenvalue weighted by atomic mass is 9.98. The number of rotatable bonds is 4. The van der Waals surface area contributed by atoms with Crippen LogP contribution in [-0.4, -0.2) is 43.9 Å². The lowest BCUT2D eigenvalue weighted by Gasteiger charge is -2.32. The minimum Gasteiger partial charge on any atom is -0.466 e. The largest absolute Gasteiger partial charge is 0.466 e. The molecule has 6 nitrogen and oxygen atoms in total. The van der Waals surface area contributed by atoms with Gasteiger partial charge in [-0.25, -0.2) is 0 Å². The third-order valence-corrected chi connectivity index (χ3v) is 4.76. The van der Waals surface area contributed by atoms with Crippen molar-refractivity contribution in [2.45, 2.75) is 46.1 Å². The molecule has 1 rings (SSSR count). The molecule has 0 aromatic carbocycles. The van der Waals surface area contributed by atoms with Crippen LogP contribution in [0.1, 0.15) is 40.5 Å². The van der Waals surface area contributed by atoms with E-state index < -0.39 is 15.7 Å². The van der Waals surface area contributed by atoms with E-state index in [1.807, 2.05) is 0 Å². The fourth-order valence-corrected chi connectivity index (χ4v) is 3.64. The molecule has 1 heterocycles. The summed E-state index contributed by atoms with van der Waals surface area (Å²) >= 11 is 0. The number of hydrogen-bond acceptors (Lipinski definition) is 4.